The van der Waals surface area contributed by atoms with Crippen molar-refractivity contribution in [1.82, 2.24) is 9.47 Å². The molecule has 0 radical (unpaired) electrons. The van der Waals surface area contributed by atoms with Crippen LogP contribution < -0.4 is 5.43 Å². The van der Waals surface area contributed by atoms with Crippen molar-refractivity contribution in [2.75, 3.05) is 27.2 Å². The summed E-state index contributed by atoms with van der Waals surface area (Å²) in [6.07, 6.45) is 3.21. The zero-order valence-corrected chi connectivity index (χ0v) is 14.7. The maximum atomic E-state index is 12.8. The third-order valence-electron chi connectivity index (χ3n) is 4.70. The summed E-state index contributed by atoms with van der Waals surface area (Å²) in [6.45, 7) is 2.88. The molecule has 1 aromatic heterocycles. The number of ether oxygens (including phenoxy) is 1. The minimum atomic E-state index is -0.596. The fourth-order valence-electron chi connectivity index (χ4n) is 3.26. The van der Waals surface area contributed by atoms with Crippen molar-refractivity contribution in [2.45, 2.75) is 25.8 Å². The Bertz CT molecular complexity index is 938. The van der Waals surface area contributed by atoms with E-state index in [1.54, 1.807) is 18.3 Å². The number of pyridine rings is 1. The van der Waals surface area contributed by atoms with Crippen LogP contribution in [0.1, 0.15) is 40.9 Å². The predicted molar refractivity (Wildman–Crippen MR) is 94.8 cm³/mol. The Kier molecular flexibility index (Phi) is 4.60. The number of carbonyl (C=O) groups is 1. The fourth-order valence-corrected chi connectivity index (χ4v) is 3.26. The van der Waals surface area contributed by atoms with Crippen LogP contribution in [0.25, 0.3) is 10.9 Å². The van der Waals surface area contributed by atoms with Gasteiger partial charge < -0.3 is 14.2 Å². The maximum Gasteiger partial charge on any atom is 0.343 e. The summed E-state index contributed by atoms with van der Waals surface area (Å²) in [5.41, 5.74) is 1.97. The van der Waals surface area contributed by atoms with Crippen LogP contribution in [0.15, 0.2) is 23.1 Å². The van der Waals surface area contributed by atoms with Gasteiger partial charge in [0.1, 0.15) is 12.2 Å². The first-order valence-electron chi connectivity index (χ1n) is 8.36. The molecule has 0 N–H and O–H groups in total. The fraction of sp³-hybridized carbons (Fsp3) is 0.421. The first-order valence-corrected chi connectivity index (χ1v) is 8.36. The second kappa shape index (κ2) is 6.69. The largest absolute Gasteiger partial charge is 0.461 e. The minimum Gasteiger partial charge on any atom is -0.461 e. The van der Waals surface area contributed by atoms with E-state index in [0.29, 0.717) is 17.5 Å². The highest BCUT2D eigenvalue weighted by Crippen LogP contribution is 2.31. The number of nitrogens with zero attached hydrogens (tertiary/aromatic N) is 3. The van der Waals surface area contributed by atoms with Gasteiger partial charge in [-0.1, -0.05) is 0 Å². The number of rotatable bonds is 4. The van der Waals surface area contributed by atoms with Crippen LogP contribution >= 0.6 is 0 Å². The lowest BCUT2D eigenvalue weighted by Crippen LogP contribution is -2.27. The Morgan fingerprint density at radius 3 is 2.88 bits per heavy atom. The van der Waals surface area contributed by atoms with Crippen LogP contribution in [0, 0.1) is 11.3 Å². The van der Waals surface area contributed by atoms with Crippen molar-refractivity contribution in [1.29, 1.82) is 5.26 Å². The Labute approximate surface area is 146 Å². The maximum absolute atomic E-state index is 12.8. The molecule has 130 valence electrons. The average molecular weight is 339 g/mol. The van der Waals surface area contributed by atoms with E-state index in [-0.39, 0.29) is 23.6 Å². The van der Waals surface area contributed by atoms with E-state index in [1.165, 1.54) is 0 Å². The van der Waals surface area contributed by atoms with Crippen LogP contribution in [0.2, 0.25) is 0 Å². The molecule has 1 atom stereocenters. The monoisotopic (exact) mass is 339 g/mol. The molecule has 0 saturated carbocycles. The standard InChI is InChI=1S/C19H21N3O3/c1-12-4-6-14-13(10-20)5-7-15-17(14)22(12)11-16(18(15)23)19(24)25-9-8-21(2)3/h5,7,11-12H,4,6,8-9H2,1-3H3. The zero-order chi connectivity index (χ0) is 18.1. The summed E-state index contributed by atoms with van der Waals surface area (Å²) in [6, 6.07) is 5.66. The van der Waals surface area contributed by atoms with Crippen LogP contribution in [-0.2, 0) is 11.2 Å². The Balaban J connectivity index is 2.12. The number of hydrogen-bond donors (Lipinski definition) is 0. The molecular weight excluding hydrogens is 318 g/mol. The van der Waals surface area contributed by atoms with Gasteiger partial charge in [-0.3, -0.25) is 4.79 Å². The minimum absolute atomic E-state index is 0.0515. The Morgan fingerprint density at radius 1 is 1.44 bits per heavy atom. The van der Waals surface area contributed by atoms with Gasteiger partial charge in [-0.2, -0.15) is 5.26 Å². The first kappa shape index (κ1) is 17.2. The normalized spacial score (nSPS) is 16.0. The number of likely N-dealkylation sites (N-methyl/N-ethyl adjacent to an activating group) is 1. The lowest BCUT2D eigenvalue weighted by atomic mass is 9.92. The van der Waals surface area contributed by atoms with Gasteiger partial charge in [0.05, 0.1) is 17.1 Å². The highest BCUT2D eigenvalue weighted by atomic mass is 16.5. The van der Waals surface area contributed by atoms with Crippen molar-refractivity contribution in [2.24, 2.45) is 0 Å². The molecule has 0 aliphatic carbocycles. The van der Waals surface area contributed by atoms with Crippen LogP contribution in [-0.4, -0.2) is 42.7 Å². The van der Waals surface area contributed by atoms with Gasteiger partial charge in [0.2, 0.25) is 5.43 Å². The van der Waals surface area contributed by atoms with Gasteiger partial charge in [0.15, 0.2) is 0 Å². The van der Waals surface area contributed by atoms with Gasteiger partial charge in [0.25, 0.3) is 0 Å². The molecule has 2 heterocycles. The highest BCUT2D eigenvalue weighted by Gasteiger charge is 2.25. The van der Waals surface area contributed by atoms with Gasteiger partial charge in [-0.25, -0.2) is 4.79 Å². The van der Waals surface area contributed by atoms with E-state index in [2.05, 4.69) is 6.07 Å². The molecule has 0 spiro atoms. The smallest absolute Gasteiger partial charge is 0.343 e. The molecule has 1 aromatic carbocycles. The van der Waals surface area contributed by atoms with E-state index in [4.69, 9.17) is 4.74 Å². The summed E-state index contributed by atoms with van der Waals surface area (Å²) < 4.78 is 7.19. The number of esters is 1. The molecule has 25 heavy (non-hydrogen) atoms. The van der Waals surface area contributed by atoms with Gasteiger partial charge >= 0.3 is 5.97 Å². The number of aryl methyl sites for hydroxylation is 1. The lowest BCUT2D eigenvalue weighted by Gasteiger charge is -2.27. The molecule has 1 unspecified atom stereocenters. The molecule has 1 aliphatic heterocycles. The van der Waals surface area contributed by atoms with E-state index in [0.717, 1.165) is 23.9 Å². The molecule has 0 fully saturated rings. The average Bonchev–Trinajstić information content (AvgIpc) is 2.58. The van der Waals surface area contributed by atoms with Crippen LogP contribution in [0.5, 0.6) is 0 Å². The number of nitriles is 1. The Hall–Kier alpha value is -2.65. The molecule has 2 aromatic rings. The molecule has 1 aliphatic rings. The van der Waals surface area contributed by atoms with E-state index < -0.39 is 5.97 Å². The van der Waals surface area contributed by atoms with E-state index in [1.807, 2.05) is 30.5 Å². The third-order valence-corrected chi connectivity index (χ3v) is 4.70. The topological polar surface area (TPSA) is 75.3 Å². The van der Waals surface area contributed by atoms with Crippen molar-refractivity contribution >= 4 is 16.9 Å². The molecular formula is C19H21N3O3. The van der Waals surface area contributed by atoms with Crippen LogP contribution in [0.3, 0.4) is 0 Å². The summed E-state index contributed by atoms with van der Waals surface area (Å²) in [5.74, 6) is -0.596. The van der Waals surface area contributed by atoms with Crippen molar-refractivity contribution in [3.8, 4) is 6.07 Å². The number of benzene rings is 1. The van der Waals surface area contributed by atoms with Crippen molar-refractivity contribution < 1.29 is 9.53 Å². The number of hydrogen-bond acceptors (Lipinski definition) is 5. The third kappa shape index (κ3) is 3.03. The zero-order valence-electron chi connectivity index (χ0n) is 14.7. The molecule has 0 amide bonds. The summed E-state index contributed by atoms with van der Waals surface area (Å²) in [5, 5.41) is 9.80. The second-order valence-corrected chi connectivity index (χ2v) is 6.71. The summed E-state index contributed by atoms with van der Waals surface area (Å²) in [7, 11) is 3.78. The first-order chi connectivity index (χ1) is 11.9. The molecule has 3 rings (SSSR count). The lowest BCUT2D eigenvalue weighted by molar-refractivity contribution is 0.0479. The van der Waals surface area contributed by atoms with Gasteiger partial charge in [-0.15, -0.1) is 0 Å². The second-order valence-electron chi connectivity index (χ2n) is 6.71. The van der Waals surface area contributed by atoms with E-state index >= 15 is 0 Å². The number of carbonyl (C=O) groups excluding carboxylic acids is 1. The SMILES string of the molecule is CC1CCc2c(C#N)ccc3c(=O)c(C(=O)OCCN(C)C)cn1c23. The quantitative estimate of drug-likeness (QED) is 0.798. The van der Waals surface area contributed by atoms with E-state index in [9.17, 15) is 14.9 Å². The Morgan fingerprint density at radius 2 is 2.20 bits per heavy atom. The van der Waals surface area contributed by atoms with Crippen molar-refractivity contribution in [3.63, 3.8) is 0 Å². The van der Waals surface area contributed by atoms with Crippen molar-refractivity contribution in [3.05, 3.63) is 45.2 Å². The van der Waals surface area contributed by atoms with Crippen LogP contribution in [0.4, 0.5) is 0 Å². The van der Waals surface area contributed by atoms with Gasteiger partial charge in [-0.05, 0) is 51.6 Å². The van der Waals surface area contributed by atoms with Gasteiger partial charge in [0, 0.05) is 24.2 Å². The summed E-state index contributed by atoms with van der Waals surface area (Å²) in [4.78, 5) is 27.1. The predicted octanol–water partition coefficient (Wildman–Crippen LogP) is 2.10. The molecule has 0 saturated heterocycles. The summed E-state index contributed by atoms with van der Waals surface area (Å²) >= 11 is 0. The molecule has 6 heteroatoms. The molecule has 0 bridgehead atoms. The molecule has 6 nitrogen and oxygen atoms in total. The highest BCUT2D eigenvalue weighted by molar-refractivity contribution is 5.95. The number of aromatic nitrogens is 1.